The molecule has 7 amide bonds. The molecule has 1 saturated heterocycles. The fourth-order valence-corrected chi connectivity index (χ4v) is 8.15. The van der Waals surface area contributed by atoms with Crippen LogP contribution >= 0.6 is 0 Å². The molecule has 1 fully saturated rings. The molecule has 74 heavy (non-hydrogen) atoms. The van der Waals surface area contributed by atoms with Gasteiger partial charge in [0.2, 0.25) is 41.4 Å². The summed E-state index contributed by atoms with van der Waals surface area (Å²) in [6.07, 6.45) is 2.55. The van der Waals surface area contributed by atoms with E-state index in [0.29, 0.717) is 23.2 Å². The summed E-state index contributed by atoms with van der Waals surface area (Å²) in [7, 11) is 0. The van der Waals surface area contributed by atoms with Gasteiger partial charge >= 0.3 is 11.9 Å². The van der Waals surface area contributed by atoms with Gasteiger partial charge in [-0.05, 0) is 60.8 Å². The highest BCUT2D eigenvalue weighted by molar-refractivity contribution is 5.98. The number of aliphatic carboxylic acids is 2. The number of nitrogens with zero attached hydrogens (tertiary/aromatic N) is 3. The minimum Gasteiger partial charge on any atom is -0.508 e. The number of H-pyrrole nitrogens is 1. The lowest BCUT2D eigenvalue weighted by molar-refractivity contribution is -0.145. The van der Waals surface area contributed by atoms with Gasteiger partial charge in [0.15, 0.2) is 5.96 Å². The molecule has 1 aromatic heterocycles. The van der Waals surface area contributed by atoms with E-state index in [1.165, 1.54) is 41.7 Å². The number of hydrogen-bond donors (Lipinski definition) is 13. The molecule has 1 aliphatic heterocycles. The third kappa shape index (κ3) is 18.2. The first-order valence-corrected chi connectivity index (χ1v) is 24.2. The number of rotatable bonds is 28. The molecule has 8 atom stereocenters. The number of benzene rings is 2. The van der Waals surface area contributed by atoms with Gasteiger partial charge in [-0.3, -0.25) is 43.3 Å². The van der Waals surface area contributed by atoms with Crippen molar-refractivity contribution in [2.24, 2.45) is 34.0 Å². The van der Waals surface area contributed by atoms with Gasteiger partial charge < -0.3 is 74.3 Å². The van der Waals surface area contributed by atoms with Crippen LogP contribution in [0.3, 0.4) is 0 Å². The summed E-state index contributed by atoms with van der Waals surface area (Å²) in [5.74, 6) is -9.74. The van der Waals surface area contributed by atoms with Gasteiger partial charge in [0.1, 0.15) is 48.0 Å². The maximum Gasteiger partial charge on any atom is 0.326 e. The summed E-state index contributed by atoms with van der Waals surface area (Å²) >= 11 is 0. The number of carbonyl (C=O) groups excluding carboxylic acids is 7. The Morgan fingerprint density at radius 1 is 0.716 bits per heavy atom. The molecule has 2 heterocycles. The summed E-state index contributed by atoms with van der Waals surface area (Å²) < 4.78 is 0. The number of aromatic amines is 1. The van der Waals surface area contributed by atoms with Crippen LogP contribution in [-0.2, 0) is 62.4 Å². The minimum atomic E-state index is -1.51. The number of likely N-dealkylation sites (tertiary alicyclic amines) is 1. The number of amides is 7. The van der Waals surface area contributed by atoms with Gasteiger partial charge in [-0.2, -0.15) is 0 Å². The van der Waals surface area contributed by atoms with Crippen LogP contribution in [0.1, 0.15) is 76.6 Å². The molecule has 1 aliphatic rings. The van der Waals surface area contributed by atoms with Crippen molar-refractivity contribution in [3.63, 3.8) is 0 Å². The molecule has 25 nitrogen and oxygen atoms in total. The molecule has 25 heteroatoms. The Kier molecular flexibility index (Phi) is 22.3. The molecule has 0 bridgehead atoms. The van der Waals surface area contributed by atoms with Gasteiger partial charge in [-0.25, -0.2) is 9.78 Å². The van der Waals surface area contributed by atoms with E-state index in [4.69, 9.17) is 22.3 Å². The van der Waals surface area contributed by atoms with Crippen LogP contribution < -0.4 is 49.1 Å². The van der Waals surface area contributed by atoms with Crippen molar-refractivity contribution in [2.75, 3.05) is 13.1 Å². The molecule has 0 spiro atoms. The summed E-state index contributed by atoms with van der Waals surface area (Å²) in [5, 5.41) is 44.9. The lowest BCUT2D eigenvalue weighted by Gasteiger charge is -2.31. The highest BCUT2D eigenvalue weighted by atomic mass is 16.4. The predicted octanol–water partition coefficient (Wildman–Crippen LogP) is -1.70. The van der Waals surface area contributed by atoms with Gasteiger partial charge in [-0.15, -0.1) is 0 Å². The maximum absolute atomic E-state index is 14.5. The number of phenols is 1. The van der Waals surface area contributed by atoms with Crippen molar-refractivity contribution < 1.29 is 58.5 Å². The van der Waals surface area contributed by atoms with Gasteiger partial charge in [0, 0.05) is 44.2 Å². The third-order valence-electron chi connectivity index (χ3n) is 12.1. The number of guanidine groups is 1. The number of aliphatic imine (C=N–C) groups is 1. The highest BCUT2D eigenvalue weighted by Gasteiger charge is 2.41. The van der Waals surface area contributed by atoms with Gasteiger partial charge in [0.05, 0.1) is 18.8 Å². The van der Waals surface area contributed by atoms with Crippen molar-refractivity contribution >= 4 is 59.2 Å². The van der Waals surface area contributed by atoms with E-state index in [1.807, 2.05) is 0 Å². The molecule has 0 radical (unpaired) electrons. The Morgan fingerprint density at radius 3 is 1.84 bits per heavy atom. The molecule has 0 aliphatic carbocycles. The summed E-state index contributed by atoms with van der Waals surface area (Å²) in [4.78, 5) is 134. The quantitative estimate of drug-likeness (QED) is 0.0219. The zero-order chi connectivity index (χ0) is 54.6. The Bertz CT molecular complexity index is 2430. The standard InChI is InChI=1S/C49H69N13O12/c1-26(2)39(60-42(67)33(12-8-18-54-49(51)52)56-41(66)32(50)23-38(64)65)45(70)57-34(20-29-14-16-31(63)17-15-29)43(68)61-40(27(3)4)46(71)58-35(22-30-24-53-25-55-30)47(72)62-19-9-13-37(62)44(69)59-36(48(73)74)21-28-10-6-5-7-11-28/h5-7,10-11,14-17,24-27,32-37,39-40,63H,8-9,12-13,18-23,50H2,1-4H3,(H,53,55)(H,56,66)(H,57,70)(H,58,71)(H,59,69)(H,60,67)(H,61,68)(H,64,65)(H,73,74)(H4,51,52,54)/t32-,33-,34+,35+,36-,37+,39-,40-/m0/s1. The number of aromatic nitrogens is 2. The van der Waals surface area contributed by atoms with Crippen molar-refractivity contribution in [3.8, 4) is 5.75 Å². The zero-order valence-electron chi connectivity index (χ0n) is 41.8. The average molecular weight is 1030 g/mol. The number of phenolic OH excluding ortho intramolecular Hbond substituents is 1. The molecular formula is C49H69N13O12. The zero-order valence-corrected chi connectivity index (χ0v) is 41.8. The van der Waals surface area contributed by atoms with E-state index in [1.54, 1.807) is 58.0 Å². The molecule has 16 N–H and O–H groups in total. The van der Waals surface area contributed by atoms with E-state index in [-0.39, 0.29) is 63.3 Å². The van der Waals surface area contributed by atoms with E-state index >= 15 is 0 Å². The van der Waals surface area contributed by atoms with Crippen LogP contribution in [0.25, 0.3) is 0 Å². The molecular weight excluding hydrogens is 963 g/mol. The second-order valence-electron chi connectivity index (χ2n) is 18.7. The van der Waals surface area contributed by atoms with Crippen molar-refractivity contribution in [1.82, 2.24) is 46.8 Å². The lowest BCUT2D eigenvalue weighted by atomic mass is 9.98. The fraction of sp³-hybridized carbons (Fsp3) is 0.490. The second-order valence-corrected chi connectivity index (χ2v) is 18.7. The first-order valence-electron chi connectivity index (χ1n) is 24.2. The minimum absolute atomic E-state index is 0.00251. The van der Waals surface area contributed by atoms with Crippen LogP contribution in [0.5, 0.6) is 5.75 Å². The van der Waals surface area contributed by atoms with E-state index in [2.05, 4.69) is 46.9 Å². The number of carbonyl (C=O) groups is 9. The summed E-state index contributed by atoms with van der Waals surface area (Å²) in [6.45, 7) is 6.70. The Hall–Kier alpha value is -8.09. The molecule has 0 unspecified atom stereocenters. The van der Waals surface area contributed by atoms with Crippen LogP contribution in [0.15, 0.2) is 72.1 Å². The van der Waals surface area contributed by atoms with Crippen molar-refractivity contribution in [2.45, 2.75) is 127 Å². The number of carboxylic acids is 2. The van der Waals surface area contributed by atoms with Gasteiger partial charge in [-0.1, -0.05) is 70.2 Å². The van der Waals surface area contributed by atoms with E-state index in [0.717, 1.165) is 0 Å². The highest BCUT2D eigenvalue weighted by Crippen LogP contribution is 2.21. The molecule has 2 aromatic carbocycles. The van der Waals surface area contributed by atoms with Crippen molar-refractivity contribution in [1.29, 1.82) is 0 Å². The van der Waals surface area contributed by atoms with Crippen LogP contribution in [0.4, 0.5) is 0 Å². The number of hydrogen-bond acceptors (Lipinski definition) is 13. The molecule has 0 saturated carbocycles. The second kappa shape index (κ2) is 28.2. The third-order valence-corrected chi connectivity index (χ3v) is 12.1. The first-order chi connectivity index (χ1) is 35.0. The predicted molar refractivity (Wildman–Crippen MR) is 268 cm³/mol. The van der Waals surface area contributed by atoms with Crippen molar-refractivity contribution in [3.05, 3.63) is 83.9 Å². The lowest BCUT2D eigenvalue weighted by Crippen LogP contribution is -2.62. The number of nitrogens with one attached hydrogen (secondary N) is 7. The fourth-order valence-electron chi connectivity index (χ4n) is 8.15. The van der Waals surface area contributed by atoms with Gasteiger partial charge in [0.25, 0.3) is 0 Å². The number of carboxylic acid groups (broad SMARTS) is 2. The Morgan fingerprint density at radius 2 is 1.28 bits per heavy atom. The average Bonchev–Trinajstić information content (AvgIpc) is 4.06. The SMILES string of the molecule is CC(C)[C@H](NC(=O)[C@H](CCCN=C(N)N)NC(=O)[C@@H](N)CC(=O)O)C(=O)N[C@H](Cc1ccc(O)cc1)C(=O)N[C@H](C(=O)N[C@H](Cc1cnc[nH]1)C(=O)N1CCC[C@@H]1C(=O)N[C@@H](Cc1ccccc1)C(=O)O)C(C)C. The summed E-state index contributed by atoms with van der Waals surface area (Å²) in [6, 6.07) is 3.91. The number of imidazole rings is 1. The number of nitrogens with two attached hydrogens (primary N) is 3. The maximum atomic E-state index is 14.5. The molecule has 4 rings (SSSR count). The van der Waals surface area contributed by atoms with Crippen LogP contribution in [0.2, 0.25) is 0 Å². The Labute approximate surface area is 427 Å². The van der Waals surface area contributed by atoms with E-state index in [9.17, 15) is 53.4 Å². The topological polar surface area (TPSA) is 409 Å². The van der Waals surface area contributed by atoms with Crippen LogP contribution in [-0.4, -0.2) is 151 Å². The molecule has 3 aromatic rings. The molecule has 402 valence electrons. The van der Waals surface area contributed by atoms with E-state index < -0.39 is 120 Å². The smallest absolute Gasteiger partial charge is 0.326 e. The largest absolute Gasteiger partial charge is 0.508 e. The first kappa shape index (κ1) is 58.5. The summed E-state index contributed by atoms with van der Waals surface area (Å²) in [5.41, 5.74) is 18.2. The normalized spacial score (nSPS) is 16.0. The van der Waals surface area contributed by atoms with Crippen LogP contribution in [0, 0.1) is 11.8 Å². The number of aromatic hydroxyl groups is 1. The monoisotopic (exact) mass is 1030 g/mol. The Balaban J connectivity index is 1.57.